The summed E-state index contributed by atoms with van der Waals surface area (Å²) < 4.78 is 31.4. The second kappa shape index (κ2) is 8.29. The minimum Gasteiger partial charge on any atom is -0.494 e. The second-order valence-corrected chi connectivity index (χ2v) is 10.2. The third-order valence-electron chi connectivity index (χ3n) is 6.20. The summed E-state index contributed by atoms with van der Waals surface area (Å²) in [6.45, 7) is 0.887. The maximum Gasteiger partial charge on any atom is 0.313 e. The number of carbonyl (C=O) groups excluding carboxylic acids is 2. The minimum atomic E-state index is -3.38. The predicted molar refractivity (Wildman–Crippen MR) is 114 cm³/mol. The average molecular weight is 434 g/mol. The van der Waals surface area contributed by atoms with Crippen molar-refractivity contribution >= 4 is 33.2 Å². The fraction of sp³-hybridized carbons (Fsp3) is 0.524. The summed E-state index contributed by atoms with van der Waals surface area (Å²) in [5.74, 6) is 0.502. The van der Waals surface area contributed by atoms with E-state index in [0.29, 0.717) is 54.4 Å². The molecule has 1 heterocycles. The first-order valence-corrected chi connectivity index (χ1v) is 11.9. The van der Waals surface area contributed by atoms with Gasteiger partial charge in [-0.25, -0.2) is 8.42 Å². The van der Waals surface area contributed by atoms with Crippen LogP contribution in [0.5, 0.6) is 5.75 Å². The van der Waals surface area contributed by atoms with Gasteiger partial charge >= 0.3 is 11.8 Å². The van der Waals surface area contributed by atoms with E-state index in [2.05, 4.69) is 22.8 Å². The van der Waals surface area contributed by atoms with Crippen LogP contribution in [0.3, 0.4) is 0 Å². The van der Waals surface area contributed by atoms with Crippen LogP contribution in [0.4, 0.5) is 11.4 Å². The molecule has 0 unspecified atom stereocenters. The van der Waals surface area contributed by atoms with E-state index < -0.39 is 21.8 Å². The van der Waals surface area contributed by atoms with Crippen molar-refractivity contribution in [1.82, 2.24) is 5.32 Å². The summed E-state index contributed by atoms with van der Waals surface area (Å²) in [4.78, 5) is 24.5. The van der Waals surface area contributed by atoms with Gasteiger partial charge in [0, 0.05) is 24.8 Å². The molecule has 30 heavy (non-hydrogen) atoms. The first-order chi connectivity index (χ1) is 14.4. The number of ether oxygens (including phenoxy) is 1. The van der Waals surface area contributed by atoms with Crippen molar-refractivity contribution in [2.45, 2.75) is 25.7 Å². The van der Waals surface area contributed by atoms with Gasteiger partial charge in [0.2, 0.25) is 10.0 Å². The molecule has 3 aliphatic rings. The van der Waals surface area contributed by atoms with Gasteiger partial charge in [0.15, 0.2) is 0 Å². The summed E-state index contributed by atoms with van der Waals surface area (Å²) in [6, 6.07) is 4.70. The monoisotopic (exact) mass is 433 g/mol. The predicted octanol–water partition coefficient (Wildman–Crippen LogP) is 1.89. The number of anilines is 2. The van der Waals surface area contributed by atoms with Gasteiger partial charge < -0.3 is 15.4 Å². The Bertz CT molecular complexity index is 975. The highest BCUT2D eigenvalue weighted by Gasteiger charge is 2.35. The lowest BCUT2D eigenvalue weighted by Gasteiger charge is -2.29. The van der Waals surface area contributed by atoms with Crippen molar-refractivity contribution in [3.05, 3.63) is 30.4 Å². The van der Waals surface area contributed by atoms with E-state index in [9.17, 15) is 18.0 Å². The molecule has 2 fully saturated rings. The number of rotatable bonds is 5. The highest BCUT2D eigenvalue weighted by atomic mass is 32.2. The number of methoxy groups -OCH3 is 1. The molecule has 1 aliphatic heterocycles. The van der Waals surface area contributed by atoms with Crippen molar-refractivity contribution in [3.63, 3.8) is 0 Å². The van der Waals surface area contributed by atoms with Gasteiger partial charge in [-0.2, -0.15) is 0 Å². The van der Waals surface area contributed by atoms with Crippen molar-refractivity contribution in [2.24, 2.45) is 17.8 Å². The Balaban J connectivity index is 1.38. The molecule has 1 saturated carbocycles. The normalized spacial score (nSPS) is 26.4. The van der Waals surface area contributed by atoms with E-state index in [1.54, 1.807) is 12.1 Å². The number of benzene rings is 1. The molecular weight excluding hydrogens is 406 g/mol. The highest BCUT2D eigenvalue weighted by Crippen LogP contribution is 2.43. The van der Waals surface area contributed by atoms with Crippen LogP contribution < -0.4 is 19.7 Å². The Kier molecular flexibility index (Phi) is 5.73. The minimum absolute atomic E-state index is 0.104. The summed E-state index contributed by atoms with van der Waals surface area (Å²) in [5, 5.41) is 5.29. The van der Waals surface area contributed by atoms with E-state index in [1.165, 1.54) is 17.5 Å². The van der Waals surface area contributed by atoms with Crippen LogP contribution in [0, 0.1) is 17.8 Å². The van der Waals surface area contributed by atoms with E-state index in [-0.39, 0.29) is 5.75 Å². The van der Waals surface area contributed by atoms with E-state index in [0.717, 1.165) is 19.3 Å². The number of fused-ring (bicyclic) bond motifs is 2. The number of sulfonamides is 1. The van der Waals surface area contributed by atoms with Gasteiger partial charge in [-0.3, -0.25) is 13.9 Å². The topological polar surface area (TPSA) is 105 Å². The number of amides is 2. The highest BCUT2D eigenvalue weighted by molar-refractivity contribution is 7.92. The van der Waals surface area contributed by atoms with Gasteiger partial charge in [0.1, 0.15) is 5.75 Å². The fourth-order valence-corrected chi connectivity index (χ4v) is 6.29. The molecule has 2 aliphatic carbocycles. The standard InChI is InChI=1S/C21H27N3O5S/c1-29-19-12-17(6-7-18(19)24-8-2-3-9-30(24,27)28)23-21(26)20(25)22-13-16-11-14-4-5-15(16)10-14/h4-7,12,14-16H,2-3,8-11,13H2,1H3,(H,22,25)(H,23,26)/t14-,15-,16-/m0/s1. The molecule has 4 rings (SSSR count). The van der Waals surface area contributed by atoms with E-state index in [4.69, 9.17) is 4.74 Å². The van der Waals surface area contributed by atoms with Gasteiger partial charge in [0.05, 0.1) is 18.6 Å². The summed E-state index contributed by atoms with van der Waals surface area (Å²) in [5.41, 5.74) is 0.803. The molecule has 3 atom stereocenters. The van der Waals surface area contributed by atoms with Crippen LogP contribution in [-0.4, -0.2) is 46.2 Å². The zero-order valence-electron chi connectivity index (χ0n) is 17.0. The smallest absolute Gasteiger partial charge is 0.313 e. The van der Waals surface area contributed by atoms with E-state index >= 15 is 0 Å². The lowest BCUT2D eigenvalue weighted by molar-refractivity contribution is -0.136. The van der Waals surface area contributed by atoms with Gasteiger partial charge in [-0.05, 0) is 55.6 Å². The van der Waals surface area contributed by atoms with E-state index in [1.807, 2.05) is 0 Å². The zero-order valence-corrected chi connectivity index (χ0v) is 17.8. The molecule has 9 heteroatoms. The third kappa shape index (κ3) is 4.16. The first-order valence-electron chi connectivity index (χ1n) is 10.3. The van der Waals surface area contributed by atoms with Crippen molar-refractivity contribution in [1.29, 1.82) is 0 Å². The molecule has 1 aromatic carbocycles. The number of nitrogens with zero attached hydrogens (tertiary/aromatic N) is 1. The molecule has 162 valence electrons. The Hall–Kier alpha value is -2.55. The summed E-state index contributed by atoms with van der Waals surface area (Å²) in [7, 11) is -1.94. The fourth-order valence-electron chi connectivity index (χ4n) is 4.64. The van der Waals surface area contributed by atoms with Gasteiger partial charge in [-0.15, -0.1) is 0 Å². The number of allylic oxidation sites excluding steroid dienone is 2. The lowest BCUT2D eigenvalue weighted by Crippen LogP contribution is -2.39. The Morgan fingerprint density at radius 2 is 2.00 bits per heavy atom. The quantitative estimate of drug-likeness (QED) is 0.545. The second-order valence-electron chi connectivity index (χ2n) is 8.19. The van der Waals surface area contributed by atoms with Crippen LogP contribution in [0.15, 0.2) is 30.4 Å². The van der Waals surface area contributed by atoms with Crippen molar-refractivity contribution in [2.75, 3.05) is 35.6 Å². The molecule has 8 nitrogen and oxygen atoms in total. The third-order valence-corrected chi connectivity index (χ3v) is 8.06. The van der Waals surface area contributed by atoms with Gasteiger partial charge in [-0.1, -0.05) is 12.2 Å². The Morgan fingerprint density at radius 1 is 1.17 bits per heavy atom. The molecule has 0 aromatic heterocycles. The van der Waals surface area contributed by atoms with Crippen LogP contribution in [-0.2, 0) is 19.6 Å². The molecule has 1 saturated heterocycles. The molecule has 2 bridgehead atoms. The maximum absolute atomic E-state index is 12.4. The maximum atomic E-state index is 12.4. The Labute approximate surface area is 176 Å². The summed E-state index contributed by atoms with van der Waals surface area (Å²) in [6.07, 6.45) is 8.07. The number of hydrogen-bond acceptors (Lipinski definition) is 5. The summed E-state index contributed by atoms with van der Waals surface area (Å²) >= 11 is 0. The SMILES string of the molecule is COc1cc(NC(=O)C(=O)NC[C@@H]2C[C@H]3C=C[C@H]2C3)ccc1N1CCCCS1(=O)=O. The zero-order chi connectivity index (χ0) is 21.3. The number of nitrogens with one attached hydrogen (secondary N) is 2. The van der Waals surface area contributed by atoms with Gasteiger partial charge in [0.25, 0.3) is 0 Å². The Morgan fingerprint density at radius 3 is 2.67 bits per heavy atom. The lowest BCUT2D eigenvalue weighted by atomic mass is 9.94. The molecule has 0 radical (unpaired) electrons. The van der Waals surface area contributed by atoms with Crippen LogP contribution >= 0.6 is 0 Å². The molecule has 2 N–H and O–H groups in total. The average Bonchev–Trinajstić information content (AvgIpc) is 3.35. The van der Waals surface area contributed by atoms with Crippen molar-refractivity contribution < 1.29 is 22.7 Å². The number of hydrogen-bond donors (Lipinski definition) is 2. The largest absolute Gasteiger partial charge is 0.494 e. The van der Waals surface area contributed by atoms with Crippen LogP contribution in [0.2, 0.25) is 0 Å². The van der Waals surface area contributed by atoms with Crippen LogP contribution in [0.1, 0.15) is 25.7 Å². The number of carbonyl (C=O) groups is 2. The molecule has 0 spiro atoms. The molecule has 2 amide bonds. The first kappa shape index (κ1) is 20.7. The molecule has 1 aromatic rings. The van der Waals surface area contributed by atoms with Crippen LogP contribution in [0.25, 0.3) is 0 Å². The molecular formula is C21H27N3O5S. The van der Waals surface area contributed by atoms with Crippen molar-refractivity contribution in [3.8, 4) is 5.75 Å².